The predicted octanol–water partition coefficient (Wildman–Crippen LogP) is 1.98. The lowest BCUT2D eigenvalue weighted by Crippen LogP contribution is -2.46. The average molecular weight is 343 g/mol. The van der Waals surface area contributed by atoms with Crippen LogP contribution in [0.5, 0.6) is 0 Å². The number of nitrogens with zero attached hydrogens (tertiary/aromatic N) is 2. The van der Waals surface area contributed by atoms with Gasteiger partial charge in [-0.1, -0.05) is 30.3 Å². The van der Waals surface area contributed by atoms with Crippen molar-refractivity contribution >= 4 is 6.03 Å². The molecule has 0 radical (unpaired) electrons. The van der Waals surface area contributed by atoms with E-state index in [4.69, 9.17) is 4.74 Å². The molecule has 0 aromatic heterocycles. The Bertz CT molecular complexity index is 588. The first kappa shape index (κ1) is 16.9. The van der Waals surface area contributed by atoms with E-state index < -0.39 is 0 Å². The van der Waals surface area contributed by atoms with Crippen molar-refractivity contribution < 1.29 is 9.53 Å². The van der Waals surface area contributed by atoms with Crippen molar-refractivity contribution in [1.82, 2.24) is 15.1 Å². The number of hydrogen-bond donors (Lipinski definition) is 1. The van der Waals surface area contributed by atoms with Gasteiger partial charge in [0.25, 0.3) is 0 Å². The highest BCUT2D eigenvalue weighted by atomic mass is 16.5. The molecular weight excluding hydrogens is 314 g/mol. The number of likely N-dealkylation sites (tertiary alicyclic amines) is 1. The van der Waals surface area contributed by atoms with Crippen LogP contribution >= 0.6 is 0 Å². The Kier molecular flexibility index (Phi) is 4.69. The minimum Gasteiger partial charge on any atom is -0.374 e. The molecule has 0 aliphatic carbocycles. The van der Waals surface area contributed by atoms with Gasteiger partial charge in [-0.2, -0.15) is 0 Å². The van der Waals surface area contributed by atoms with E-state index in [1.54, 1.807) is 0 Å². The van der Waals surface area contributed by atoms with Crippen LogP contribution in [0, 0.1) is 11.8 Å². The van der Waals surface area contributed by atoms with Crippen LogP contribution in [0.4, 0.5) is 4.79 Å². The van der Waals surface area contributed by atoms with Crippen molar-refractivity contribution in [3.8, 4) is 0 Å². The van der Waals surface area contributed by atoms with Gasteiger partial charge in [-0.05, 0) is 38.9 Å². The maximum Gasteiger partial charge on any atom is 0.317 e. The molecule has 4 rings (SSSR count). The van der Waals surface area contributed by atoms with E-state index in [1.165, 1.54) is 18.4 Å². The molecule has 5 nitrogen and oxygen atoms in total. The van der Waals surface area contributed by atoms with Crippen LogP contribution in [0.15, 0.2) is 30.3 Å². The van der Waals surface area contributed by atoms with E-state index in [1.807, 2.05) is 11.0 Å². The topological polar surface area (TPSA) is 44.8 Å². The summed E-state index contributed by atoms with van der Waals surface area (Å²) < 4.78 is 6.00. The molecule has 1 aromatic carbocycles. The number of amides is 2. The van der Waals surface area contributed by atoms with Gasteiger partial charge in [0.1, 0.15) is 0 Å². The van der Waals surface area contributed by atoms with Crippen LogP contribution in [0.1, 0.15) is 18.4 Å². The first-order valence-electron chi connectivity index (χ1n) is 9.50. The highest BCUT2D eigenvalue weighted by molar-refractivity contribution is 5.74. The van der Waals surface area contributed by atoms with Gasteiger partial charge in [-0.15, -0.1) is 0 Å². The third kappa shape index (κ3) is 3.40. The van der Waals surface area contributed by atoms with Crippen molar-refractivity contribution in [3.63, 3.8) is 0 Å². The standard InChI is InChI=1S/C20H29N3O2/c1-22(2)15(10-14-6-4-3-5-7-14)11-21-20(24)23-12-16-17(13-23)19-9-8-18(16)25-19/h3-7,15-19H,8-13H2,1-2H3,(H,21,24)/t15-,16+,17+,18+,19+/m0/s1. The Balaban J connectivity index is 1.30. The summed E-state index contributed by atoms with van der Waals surface area (Å²) in [7, 11) is 4.16. The molecule has 3 aliphatic heterocycles. The van der Waals surface area contributed by atoms with Crippen LogP contribution in [0.2, 0.25) is 0 Å². The Morgan fingerprint density at radius 1 is 1.20 bits per heavy atom. The van der Waals surface area contributed by atoms with E-state index in [0.717, 1.165) is 19.5 Å². The summed E-state index contributed by atoms with van der Waals surface area (Å²) >= 11 is 0. The molecule has 3 heterocycles. The number of rotatable bonds is 5. The Morgan fingerprint density at radius 3 is 2.44 bits per heavy atom. The second-order valence-corrected chi connectivity index (χ2v) is 8.02. The summed E-state index contributed by atoms with van der Waals surface area (Å²) in [6, 6.07) is 10.9. The third-order valence-electron chi connectivity index (χ3n) is 6.27. The van der Waals surface area contributed by atoms with Gasteiger partial charge in [0.2, 0.25) is 0 Å². The summed E-state index contributed by atoms with van der Waals surface area (Å²) in [5, 5.41) is 3.17. The largest absolute Gasteiger partial charge is 0.374 e. The fraction of sp³-hybridized carbons (Fsp3) is 0.650. The zero-order valence-corrected chi connectivity index (χ0v) is 15.2. The second kappa shape index (κ2) is 6.96. The van der Waals surface area contributed by atoms with Crippen molar-refractivity contribution in [1.29, 1.82) is 0 Å². The number of ether oxygens (including phenoxy) is 1. The molecule has 0 saturated carbocycles. The lowest BCUT2D eigenvalue weighted by molar-refractivity contribution is 0.0738. The molecule has 5 atom stereocenters. The van der Waals surface area contributed by atoms with Gasteiger partial charge < -0.3 is 19.9 Å². The minimum absolute atomic E-state index is 0.0914. The van der Waals surface area contributed by atoms with Crippen LogP contribution in [0.3, 0.4) is 0 Å². The molecule has 0 unspecified atom stereocenters. The highest BCUT2D eigenvalue weighted by Gasteiger charge is 2.53. The molecule has 136 valence electrons. The van der Waals surface area contributed by atoms with Gasteiger partial charge in [-0.3, -0.25) is 0 Å². The van der Waals surface area contributed by atoms with Gasteiger partial charge in [0.15, 0.2) is 0 Å². The fourth-order valence-electron chi connectivity index (χ4n) is 4.77. The normalized spacial score (nSPS) is 31.4. The molecule has 5 heteroatoms. The second-order valence-electron chi connectivity index (χ2n) is 8.02. The van der Waals surface area contributed by atoms with Crippen LogP contribution in [0.25, 0.3) is 0 Å². The van der Waals surface area contributed by atoms with Crippen molar-refractivity contribution in [3.05, 3.63) is 35.9 Å². The van der Waals surface area contributed by atoms with E-state index in [9.17, 15) is 4.79 Å². The van der Waals surface area contributed by atoms with Crippen molar-refractivity contribution in [2.45, 2.75) is 37.5 Å². The van der Waals surface area contributed by atoms with Crippen molar-refractivity contribution in [2.75, 3.05) is 33.7 Å². The number of hydrogen-bond acceptors (Lipinski definition) is 3. The van der Waals surface area contributed by atoms with E-state index in [-0.39, 0.29) is 6.03 Å². The van der Waals surface area contributed by atoms with Gasteiger partial charge >= 0.3 is 6.03 Å². The number of nitrogens with one attached hydrogen (secondary N) is 1. The quantitative estimate of drug-likeness (QED) is 0.889. The summed E-state index contributed by atoms with van der Waals surface area (Å²) in [6.45, 7) is 2.40. The van der Waals surface area contributed by atoms with Crippen LogP contribution in [-0.2, 0) is 11.2 Å². The zero-order valence-electron chi connectivity index (χ0n) is 15.2. The smallest absolute Gasteiger partial charge is 0.317 e. The fourth-order valence-corrected chi connectivity index (χ4v) is 4.77. The lowest BCUT2D eigenvalue weighted by Gasteiger charge is -2.26. The van der Waals surface area contributed by atoms with Gasteiger partial charge in [-0.25, -0.2) is 4.79 Å². The molecule has 1 N–H and O–H groups in total. The average Bonchev–Trinajstić information content (AvgIpc) is 3.31. The molecule has 3 aliphatic rings. The van der Waals surface area contributed by atoms with Gasteiger partial charge in [0.05, 0.1) is 12.2 Å². The Hall–Kier alpha value is -1.59. The van der Waals surface area contributed by atoms with E-state index in [0.29, 0.717) is 36.6 Å². The Labute approximate surface area is 150 Å². The first-order valence-corrected chi connectivity index (χ1v) is 9.50. The molecule has 0 spiro atoms. The lowest BCUT2D eigenvalue weighted by atomic mass is 9.82. The molecule has 3 fully saturated rings. The molecule has 2 bridgehead atoms. The number of likely N-dealkylation sites (N-methyl/N-ethyl adjacent to an activating group) is 1. The summed E-state index contributed by atoms with van der Waals surface area (Å²) in [5.41, 5.74) is 1.31. The van der Waals surface area contributed by atoms with E-state index in [2.05, 4.69) is 48.6 Å². The maximum absolute atomic E-state index is 12.6. The number of carbonyl (C=O) groups excluding carboxylic acids is 1. The summed E-state index contributed by atoms with van der Waals surface area (Å²) in [6.07, 6.45) is 4.11. The van der Waals surface area contributed by atoms with Gasteiger partial charge in [0, 0.05) is 37.5 Å². The van der Waals surface area contributed by atoms with Crippen LogP contribution < -0.4 is 5.32 Å². The van der Waals surface area contributed by atoms with Crippen molar-refractivity contribution in [2.24, 2.45) is 11.8 Å². The number of urea groups is 1. The predicted molar refractivity (Wildman–Crippen MR) is 97.5 cm³/mol. The summed E-state index contributed by atoms with van der Waals surface area (Å²) in [4.78, 5) is 16.9. The molecule has 25 heavy (non-hydrogen) atoms. The van der Waals surface area contributed by atoms with E-state index >= 15 is 0 Å². The molecule has 1 aromatic rings. The molecule has 3 saturated heterocycles. The highest BCUT2D eigenvalue weighted by Crippen LogP contribution is 2.47. The monoisotopic (exact) mass is 343 g/mol. The number of benzene rings is 1. The molecular formula is C20H29N3O2. The third-order valence-corrected chi connectivity index (χ3v) is 6.27. The maximum atomic E-state index is 12.6. The Morgan fingerprint density at radius 2 is 1.84 bits per heavy atom. The SMILES string of the molecule is CN(C)[C@H](CNC(=O)N1C[C@@H]2[C@@H](C1)[C@H]1CC[C@H]2O1)Cc1ccccc1. The number of fused-ring (bicyclic) bond motifs is 5. The number of carbonyl (C=O) groups is 1. The van der Waals surface area contributed by atoms with Crippen LogP contribution in [-0.4, -0.2) is 67.8 Å². The molecule has 2 amide bonds. The minimum atomic E-state index is 0.0914. The summed E-state index contributed by atoms with van der Waals surface area (Å²) in [5.74, 6) is 1.14. The zero-order chi connectivity index (χ0) is 17.4. The first-order chi connectivity index (χ1) is 12.1.